The lowest BCUT2D eigenvalue weighted by Crippen LogP contribution is -2.25. The molecule has 0 bridgehead atoms. The van der Waals surface area contributed by atoms with Crippen LogP contribution in [0.25, 0.3) is 0 Å². The maximum atomic E-state index is 12.8. The Bertz CT molecular complexity index is 1550. The van der Waals surface area contributed by atoms with Crippen LogP contribution in [0.15, 0.2) is 97.3 Å². The van der Waals surface area contributed by atoms with Crippen LogP contribution in [-0.4, -0.2) is 53.2 Å². The second-order valence-corrected chi connectivity index (χ2v) is 9.94. The molecule has 208 valence electrons. The molecule has 0 spiro atoms. The van der Waals surface area contributed by atoms with Crippen LogP contribution in [0.3, 0.4) is 0 Å². The smallest absolute Gasteiger partial charge is 0.250 e. The number of hydrogen-bond donors (Lipinski definition) is 3. The zero-order valence-corrected chi connectivity index (χ0v) is 23.1. The summed E-state index contributed by atoms with van der Waals surface area (Å²) < 4.78 is 5.87. The van der Waals surface area contributed by atoms with E-state index in [0.717, 1.165) is 12.3 Å². The van der Waals surface area contributed by atoms with E-state index in [1.165, 1.54) is 19.2 Å². The van der Waals surface area contributed by atoms with Crippen molar-refractivity contribution in [1.82, 2.24) is 14.9 Å². The van der Waals surface area contributed by atoms with Crippen LogP contribution in [0.4, 0.5) is 23.0 Å². The van der Waals surface area contributed by atoms with Crippen molar-refractivity contribution in [2.24, 2.45) is 0 Å². The normalized spacial score (nSPS) is 12.9. The van der Waals surface area contributed by atoms with Crippen molar-refractivity contribution in [1.29, 1.82) is 5.41 Å². The third-order valence-corrected chi connectivity index (χ3v) is 6.90. The van der Waals surface area contributed by atoms with Crippen molar-refractivity contribution in [2.75, 3.05) is 36.6 Å². The number of rotatable bonds is 11. The highest BCUT2D eigenvalue weighted by atomic mass is 16.5. The summed E-state index contributed by atoms with van der Waals surface area (Å²) in [7, 11) is 3.82. The van der Waals surface area contributed by atoms with E-state index in [0.29, 0.717) is 40.1 Å². The van der Waals surface area contributed by atoms with Crippen molar-refractivity contribution in [3.63, 3.8) is 0 Å². The van der Waals surface area contributed by atoms with E-state index in [1.807, 2.05) is 60.7 Å². The van der Waals surface area contributed by atoms with E-state index in [4.69, 9.17) is 15.9 Å². The molecule has 1 saturated carbocycles. The number of nitrogens with two attached hydrogens (primary N) is 1. The highest BCUT2D eigenvalue weighted by molar-refractivity contribution is 6.16. The topological polar surface area (TPSA) is 120 Å². The van der Waals surface area contributed by atoms with E-state index in [2.05, 4.69) is 27.2 Å². The van der Waals surface area contributed by atoms with Gasteiger partial charge in [0.05, 0.1) is 11.3 Å². The monoisotopic (exact) mass is 547 g/mol. The van der Waals surface area contributed by atoms with Crippen LogP contribution < -0.4 is 20.7 Å². The summed E-state index contributed by atoms with van der Waals surface area (Å²) in [6.07, 6.45) is 7.33. The molecule has 0 saturated heterocycles. The Morgan fingerprint density at radius 3 is 2.49 bits per heavy atom. The van der Waals surface area contributed by atoms with Crippen LogP contribution in [-0.2, 0) is 4.79 Å². The Balaban J connectivity index is 1.29. The molecule has 9 heteroatoms. The molecule has 0 radical (unpaired) electrons. The zero-order chi connectivity index (χ0) is 28.8. The molecule has 0 unspecified atom stereocenters. The summed E-state index contributed by atoms with van der Waals surface area (Å²) in [5.41, 5.74) is 8.82. The average molecular weight is 548 g/mol. The van der Waals surface area contributed by atoms with Gasteiger partial charge in [0.25, 0.3) is 0 Å². The first kappa shape index (κ1) is 27.5. The van der Waals surface area contributed by atoms with Gasteiger partial charge in [0.2, 0.25) is 5.91 Å². The van der Waals surface area contributed by atoms with E-state index in [-0.39, 0.29) is 17.4 Å². The minimum atomic E-state index is -0.111. The van der Waals surface area contributed by atoms with Gasteiger partial charge in [-0.3, -0.25) is 15.1 Å². The van der Waals surface area contributed by atoms with Crippen LogP contribution in [0, 0.1) is 5.41 Å². The van der Waals surface area contributed by atoms with E-state index < -0.39 is 0 Å². The first-order chi connectivity index (χ1) is 19.9. The van der Waals surface area contributed by atoms with Gasteiger partial charge >= 0.3 is 0 Å². The fourth-order valence-electron chi connectivity index (χ4n) is 4.35. The number of carbonyl (C=O) groups is 1. The molecule has 1 aliphatic carbocycles. The first-order valence-electron chi connectivity index (χ1n) is 13.4. The molecule has 5 rings (SSSR count). The quantitative estimate of drug-likeness (QED) is 0.165. The third-order valence-electron chi connectivity index (χ3n) is 6.90. The van der Waals surface area contributed by atoms with Gasteiger partial charge in [-0.25, -0.2) is 9.97 Å². The fourth-order valence-corrected chi connectivity index (χ4v) is 4.35. The van der Waals surface area contributed by atoms with Gasteiger partial charge in [0.15, 0.2) is 0 Å². The number of amides is 1. The number of benzene rings is 3. The zero-order valence-electron chi connectivity index (χ0n) is 23.1. The summed E-state index contributed by atoms with van der Waals surface area (Å²) in [6, 6.07) is 24.8. The molecule has 4 N–H and O–H groups in total. The Labute approximate surface area is 239 Å². The average Bonchev–Trinajstić information content (AvgIpc) is 3.84. The highest BCUT2D eigenvalue weighted by Crippen LogP contribution is 2.28. The number of anilines is 4. The molecule has 0 aliphatic heterocycles. The van der Waals surface area contributed by atoms with Crippen LogP contribution in [0.1, 0.15) is 24.0 Å². The number of hydrogen-bond acceptors (Lipinski definition) is 8. The third kappa shape index (κ3) is 6.95. The lowest BCUT2D eigenvalue weighted by Gasteiger charge is -2.18. The summed E-state index contributed by atoms with van der Waals surface area (Å²) in [5.74, 6) is 1.85. The molecule has 0 atom stereocenters. The molecule has 1 amide bonds. The second kappa shape index (κ2) is 12.4. The van der Waals surface area contributed by atoms with E-state index in [1.54, 1.807) is 42.3 Å². The van der Waals surface area contributed by atoms with Gasteiger partial charge in [-0.1, -0.05) is 30.3 Å². The van der Waals surface area contributed by atoms with Gasteiger partial charge in [-0.2, -0.15) is 0 Å². The standard InChI is InChI=1S/C32H33N7O2/c1-38(24-15-16-24)19-7-12-28(40)39(2)25-9-6-8-23(20-25)37-32-29(31(34)35-21-36-32)30(33)22-13-17-27(18-14-22)41-26-10-4-3-5-11-26/h3-14,17-18,20-21,24,33H,15-16,19H2,1-2H3,(H3,34,35,36,37)/b12-7+,33-30?. The van der Waals surface area contributed by atoms with Crippen molar-refractivity contribution in [3.8, 4) is 11.5 Å². The van der Waals surface area contributed by atoms with Crippen molar-refractivity contribution < 1.29 is 9.53 Å². The minimum Gasteiger partial charge on any atom is -0.457 e. The number of likely N-dealkylation sites (N-methyl/N-ethyl adjacent to an activating group) is 2. The number of nitrogen functional groups attached to an aromatic ring is 1. The van der Waals surface area contributed by atoms with Gasteiger partial charge in [-0.15, -0.1) is 0 Å². The molecule has 1 aliphatic rings. The number of ether oxygens (including phenoxy) is 1. The van der Waals surface area contributed by atoms with Crippen LogP contribution in [0.5, 0.6) is 11.5 Å². The van der Waals surface area contributed by atoms with Crippen molar-refractivity contribution in [3.05, 3.63) is 108 Å². The van der Waals surface area contributed by atoms with Crippen molar-refractivity contribution >= 4 is 34.6 Å². The molecular formula is C32H33N7O2. The molecule has 9 nitrogen and oxygen atoms in total. The van der Waals surface area contributed by atoms with Gasteiger partial charge in [0.1, 0.15) is 29.5 Å². The lowest BCUT2D eigenvalue weighted by atomic mass is 10.0. The molecular weight excluding hydrogens is 514 g/mol. The molecule has 4 aromatic rings. The maximum Gasteiger partial charge on any atom is 0.250 e. The van der Waals surface area contributed by atoms with Gasteiger partial charge in [0, 0.05) is 42.6 Å². The largest absolute Gasteiger partial charge is 0.457 e. The van der Waals surface area contributed by atoms with Crippen LogP contribution >= 0.6 is 0 Å². The fraction of sp³-hybridized carbons (Fsp3) is 0.188. The molecule has 1 heterocycles. The molecule has 1 fully saturated rings. The highest BCUT2D eigenvalue weighted by Gasteiger charge is 2.25. The second-order valence-electron chi connectivity index (χ2n) is 9.94. The minimum absolute atomic E-state index is 0.111. The number of nitrogens with one attached hydrogen (secondary N) is 2. The molecule has 1 aromatic heterocycles. The summed E-state index contributed by atoms with van der Waals surface area (Å²) >= 11 is 0. The van der Waals surface area contributed by atoms with E-state index >= 15 is 0 Å². The Morgan fingerprint density at radius 1 is 1.02 bits per heavy atom. The number of nitrogens with zero attached hydrogens (tertiary/aromatic N) is 4. The Morgan fingerprint density at radius 2 is 1.76 bits per heavy atom. The molecule has 41 heavy (non-hydrogen) atoms. The van der Waals surface area contributed by atoms with Gasteiger partial charge in [-0.05, 0) is 74.5 Å². The van der Waals surface area contributed by atoms with Crippen molar-refractivity contribution in [2.45, 2.75) is 18.9 Å². The van der Waals surface area contributed by atoms with Gasteiger partial charge < -0.3 is 20.7 Å². The number of carbonyl (C=O) groups excluding carboxylic acids is 1. The summed E-state index contributed by atoms with van der Waals surface area (Å²) in [4.78, 5) is 25.1. The summed E-state index contributed by atoms with van der Waals surface area (Å²) in [6.45, 7) is 0.748. The van der Waals surface area contributed by atoms with Crippen LogP contribution in [0.2, 0.25) is 0 Å². The first-order valence-corrected chi connectivity index (χ1v) is 13.4. The SMILES string of the molecule is CN(C(=O)/C=C/CN(C)C1CC1)c1cccc(Nc2ncnc(N)c2C(=N)c2ccc(Oc3ccccc3)cc2)c1. The Hall–Kier alpha value is -5.02. The Kier molecular flexibility index (Phi) is 8.36. The maximum absolute atomic E-state index is 12.8. The summed E-state index contributed by atoms with van der Waals surface area (Å²) in [5, 5.41) is 12.2. The van der Waals surface area contributed by atoms with E-state index in [9.17, 15) is 4.79 Å². The number of para-hydroxylation sites is 1. The molecule has 3 aromatic carbocycles. The lowest BCUT2D eigenvalue weighted by molar-refractivity contribution is -0.113. The number of aromatic nitrogens is 2. The predicted molar refractivity (Wildman–Crippen MR) is 163 cm³/mol. The predicted octanol–water partition coefficient (Wildman–Crippen LogP) is 5.62.